The molecule has 3 rings (SSSR count). The third-order valence-electron chi connectivity index (χ3n) is 4.26. The maximum absolute atomic E-state index is 12.2. The van der Waals surface area contributed by atoms with Crippen molar-refractivity contribution in [3.05, 3.63) is 77.9 Å². The van der Waals surface area contributed by atoms with Crippen molar-refractivity contribution in [2.75, 3.05) is 6.61 Å². The molecule has 0 saturated heterocycles. The summed E-state index contributed by atoms with van der Waals surface area (Å²) < 4.78 is 7.57. The molecule has 0 radical (unpaired) electrons. The van der Waals surface area contributed by atoms with Crippen LogP contribution >= 0.6 is 0 Å². The zero-order valence-corrected chi connectivity index (χ0v) is 15.3. The molecular weight excluding hydrogens is 326 g/mol. The summed E-state index contributed by atoms with van der Waals surface area (Å²) in [4.78, 5) is 16.2. The average Bonchev–Trinajstić information content (AvgIpc) is 3.16. The van der Waals surface area contributed by atoms with Crippen molar-refractivity contribution in [1.82, 2.24) is 14.9 Å². The summed E-state index contributed by atoms with van der Waals surface area (Å²) in [5, 5.41) is 2.97. The van der Waals surface area contributed by atoms with Crippen LogP contribution in [0.15, 0.2) is 61.2 Å². The molecule has 0 spiro atoms. The fraction of sp³-hybridized carbons (Fsp3) is 0.238. The Bertz CT molecular complexity index is 871. The molecule has 2 aromatic carbocycles. The van der Waals surface area contributed by atoms with Gasteiger partial charge in [0.2, 0.25) is 0 Å². The van der Waals surface area contributed by atoms with Gasteiger partial charge in [0.25, 0.3) is 5.91 Å². The van der Waals surface area contributed by atoms with Crippen molar-refractivity contribution in [1.29, 1.82) is 0 Å². The lowest BCUT2D eigenvalue weighted by atomic mass is 10.1. The maximum Gasteiger partial charge on any atom is 0.258 e. The van der Waals surface area contributed by atoms with Gasteiger partial charge in [-0.1, -0.05) is 29.8 Å². The van der Waals surface area contributed by atoms with Gasteiger partial charge in [0.15, 0.2) is 6.61 Å². The van der Waals surface area contributed by atoms with E-state index in [2.05, 4.69) is 10.3 Å². The molecular formula is C21H23N3O2. The van der Waals surface area contributed by atoms with Crippen molar-refractivity contribution in [2.45, 2.75) is 26.8 Å². The highest BCUT2D eigenvalue weighted by atomic mass is 16.5. The summed E-state index contributed by atoms with van der Waals surface area (Å²) in [6, 6.07) is 13.8. The van der Waals surface area contributed by atoms with E-state index in [9.17, 15) is 4.79 Å². The molecule has 1 heterocycles. The Kier molecular flexibility index (Phi) is 5.37. The molecule has 1 unspecified atom stereocenters. The van der Waals surface area contributed by atoms with Crippen LogP contribution in [0.5, 0.6) is 5.75 Å². The Morgan fingerprint density at radius 3 is 2.62 bits per heavy atom. The van der Waals surface area contributed by atoms with Crippen LogP contribution in [-0.2, 0) is 4.79 Å². The van der Waals surface area contributed by atoms with E-state index >= 15 is 0 Å². The average molecular weight is 349 g/mol. The van der Waals surface area contributed by atoms with E-state index in [1.807, 2.05) is 74.0 Å². The Hall–Kier alpha value is -3.08. The van der Waals surface area contributed by atoms with E-state index in [1.54, 1.807) is 12.5 Å². The molecule has 0 bridgehead atoms. The van der Waals surface area contributed by atoms with Crippen LogP contribution in [0.4, 0.5) is 0 Å². The van der Waals surface area contributed by atoms with E-state index in [4.69, 9.17) is 4.74 Å². The number of aryl methyl sites for hydroxylation is 2. The molecule has 1 N–H and O–H groups in total. The van der Waals surface area contributed by atoms with Crippen molar-refractivity contribution < 1.29 is 9.53 Å². The molecule has 5 nitrogen and oxygen atoms in total. The first-order chi connectivity index (χ1) is 12.5. The number of imidazole rings is 1. The zero-order chi connectivity index (χ0) is 18.5. The molecule has 1 amide bonds. The minimum Gasteiger partial charge on any atom is -0.484 e. The van der Waals surface area contributed by atoms with Crippen LogP contribution < -0.4 is 10.1 Å². The second-order valence-electron chi connectivity index (χ2n) is 6.41. The number of ether oxygens (including phenoxy) is 1. The van der Waals surface area contributed by atoms with Crippen LogP contribution in [0.25, 0.3) is 5.69 Å². The Morgan fingerprint density at radius 2 is 1.96 bits per heavy atom. The highest BCUT2D eigenvalue weighted by molar-refractivity contribution is 5.78. The summed E-state index contributed by atoms with van der Waals surface area (Å²) >= 11 is 0. The Morgan fingerprint density at radius 1 is 1.19 bits per heavy atom. The predicted molar refractivity (Wildman–Crippen MR) is 102 cm³/mol. The number of aromatic nitrogens is 2. The van der Waals surface area contributed by atoms with E-state index in [-0.39, 0.29) is 18.6 Å². The number of carbonyl (C=O) groups is 1. The summed E-state index contributed by atoms with van der Waals surface area (Å²) in [6.07, 6.45) is 5.39. The lowest BCUT2D eigenvalue weighted by molar-refractivity contribution is -0.123. The largest absolute Gasteiger partial charge is 0.484 e. The van der Waals surface area contributed by atoms with E-state index in [0.717, 1.165) is 22.6 Å². The Labute approximate surface area is 153 Å². The number of nitrogens with zero attached hydrogens (tertiary/aromatic N) is 2. The fourth-order valence-electron chi connectivity index (χ4n) is 2.82. The zero-order valence-electron chi connectivity index (χ0n) is 15.3. The molecule has 3 aromatic rings. The van der Waals surface area contributed by atoms with E-state index < -0.39 is 0 Å². The molecule has 5 heteroatoms. The third-order valence-corrected chi connectivity index (χ3v) is 4.26. The number of hydrogen-bond donors (Lipinski definition) is 1. The lowest BCUT2D eigenvalue weighted by Gasteiger charge is -2.16. The molecule has 1 aromatic heterocycles. The summed E-state index contributed by atoms with van der Waals surface area (Å²) in [6.45, 7) is 5.97. The number of carbonyl (C=O) groups excluding carboxylic acids is 1. The molecule has 0 aliphatic carbocycles. The second-order valence-corrected chi connectivity index (χ2v) is 6.41. The van der Waals surface area contributed by atoms with Gasteiger partial charge in [-0.15, -0.1) is 0 Å². The van der Waals surface area contributed by atoms with Gasteiger partial charge in [-0.2, -0.15) is 0 Å². The van der Waals surface area contributed by atoms with E-state index in [1.165, 1.54) is 5.56 Å². The molecule has 134 valence electrons. The quantitative estimate of drug-likeness (QED) is 0.737. The van der Waals surface area contributed by atoms with Gasteiger partial charge < -0.3 is 14.6 Å². The summed E-state index contributed by atoms with van der Waals surface area (Å²) in [5.41, 5.74) is 4.27. The van der Waals surface area contributed by atoms with Crippen LogP contribution in [0.2, 0.25) is 0 Å². The predicted octanol–water partition coefficient (Wildman–Crippen LogP) is 3.75. The monoisotopic (exact) mass is 349 g/mol. The van der Waals surface area contributed by atoms with Crippen molar-refractivity contribution in [3.63, 3.8) is 0 Å². The van der Waals surface area contributed by atoms with Gasteiger partial charge in [-0.05, 0) is 50.1 Å². The van der Waals surface area contributed by atoms with Gasteiger partial charge in [0.05, 0.1) is 12.4 Å². The fourth-order valence-corrected chi connectivity index (χ4v) is 2.82. The first-order valence-electron chi connectivity index (χ1n) is 8.60. The van der Waals surface area contributed by atoms with Gasteiger partial charge in [-0.25, -0.2) is 4.98 Å². The first kappa shape index (κ1) is 17.7. The molecule has 1 atom stereocenters. The standard InChI is InChI=1S/C21H23N3O2/c1-15-4-9-20(16(2)12-15)26-13-21(25)23-17(3)18-5-7-19(8-6-18)24-11-10-22-14-24/h4-12,14,17H,13H2,1-3H3,(H,23,25). The Balaban J connectivity index is 1.55. The van der Waals surface area contributed by atoms with Crippen LogP contribution in [0.1, 0.15) is 29.7 Å². The molecule has 26 heavy (non-hydrogen) atoms. The minimum atomic E-state index is -0.142. The SMILES string of the molecule is Cc1ccc(OCC(=O)NC(C)c2ccc(-n3ccnc3)cc2)c(C)c1. The van der Waals surface area contributed by atoms with Crippen LogP contribution in [0, 0.1) is 13.8 Å². The number of benzene rings is 2. The van der Waals surface area contributed by atoms with Crippen LogP contribution in [0.3, 0.4) is 0 Å². The topological polar surface area (TPSA) is 56.1 Å². The minimum absolute atomic E-state index is 0.00135. The maximum atomic E-state index is 12.2. The third kappa shape index (κ3) is 4.30. The number of hydrogen-bond acceptors (Lipinski definition) is 3. The normalized spacial score (nSPS) is 11.8. The highest BCUT2D eigenvalue weighted by Crippen LogP contribution is 2.19. The number of amides is 1. The highest BCUT2D eigenvalue weighted by Gasteiger charge is 2.11. The van der Waals surface area contributed by atoms with Crippen molar-refractivity contribution in [2.24, 2.45) is 0 Å². The van der Waals surface area contributed by atoms with Crippen molar-refractivity contribution >= 4 is 5.91 Å². The van der Waals surface area contributed by atoms with Crippen LogP contribution in [-0.4, -0.2) is 22.1 Å². The van der Waals surface area contributed by atoms with Gasteiger partial charge >= 0.3 is 0 Å². The van der Waals surface area contributed by atoms with E-state index in [0.29, 0.717) is 0 Å². The van der Waals surface area contributed by atoms with Gasteiger partial charge in [0.1, 0.15) is 5.75 Å². The molecule has 0 aliphatic heterocycles. The lowest BCUT2D eigenvalue weighted by Crippen LogP contribution is -2.31. The molecule has 0 fully saturated rings. The summed E-state index contributed by atoms with van der Waals surface area (Å²) in [7, 11) is 0. The first-order valence-corrected chi connectivity index (χ1v) is 8.60. The summed E-state index contributed by atoms with van der Waals surface area (Å²) in [5.74, 6) is 0.597. The second kappa shape index (κ2) is 7.87. The smallest absolute Gasteiger partial charge is 0.258 e. The number of rotatable bonds is 6. The van der Waals surface area contributed by atoms with Gasteiger partial charge in [-0.3, -0.25) is 4.79 Å². The molecule has 0 aliphatic rings. The van der Waals surface area contributed by atoms with Gasteiger partial charge in [0, 0.05) is 18.1 Å². The van der Waals surface area contributed by atoms with Crippen molar-refractivity contribution in [3.8, 4) is 11.4 Å². The number of nitrogens with one attached hydrogen (secondary N) is 1. The molecule has 0 saturated carbocycles.